The zero-order valence-electron chi connectivity index (χ0n) is 12.9. The van der Waals surface area contributed by atoms with E-state index in [-0.39, 0.29) is 11.9 Å². The third kappa shape index (κ3) is 7.44. The van der Waals surface area contributed by atoms with Crippen LogP contribution < -0.4 is 5.32 Å². The minimum absolute atomic E-state index is 0.0889. The molecule has 0 fully saturated rings. The minimum atomic E-state index is -0.127. The van der Waals surface area contributed by atoms with E-state index in [2.05, 4.69) is 10.3 Å². The fourth-order valence-corrected chi connectivity index (χ4v) is 1.89. The summed E-state index contributed by atoms with van der Waals surface area (Å²) in [7, 11) is 0. The van der Waals surface area contributed by atoms with Crippen molar-refractivity contribution in [3.05, 3.63) is 29.6 Å². The van der Waals surface area contributed by atoms with Gasteiger partial charge in [-0.15, -0.1) is 0 Å². The Balaban J connectivity index is 2.05. The molecule has 0 aromatic carbocycles. The van der Waals surface area contributed by atoms with Gasteiger partial charge in [-0.1, -0.05) is 12.8 Å². The Kier molecular flexibility index (Phi) is 8.09. The number of ether oxygens (including phenoxy) is 1. The van der Waals surface area contributed by atoms with Crippen molar-refractivity contribution in [1.29, 1.82) is 0 Å². The van der Waals surface area contributed by atoms with Crippen LogP contribution in [-0.2, 0) is 9.53 Å². The highest BCUT2D eigenvalue weighted by Gasteiger charge is 2.04. The molecule has 0 spiro atoms. The summed E-state index contributed by atoms with van der Waals surface area (Å²) in [6, 6.07) is 3.60. The second-order valence-corrected chi connectivity index (χ2v) is 4.91. The number of rotatable bonds is 9. The molecule has 0 bridgehead atoms. The van der Waals surface area contributed by atoms with Gasteiger partial charge in [0, 0.05) is 24.9 Å². The van der Waals surface area contributed by atoms with Gasteiger partial charge in [0.05, 0.1) is 12.2 Å². The number of carbonyl (C=O) groups is 2. The van der Waals surface area contributed by atoms with Gasteiger partial charge in [-0.05, 0) is 38.8 Å². The van der Waals surface area contributed by atoms with Crippen molar-refractivity contribution in [2.75, 3.05) is 13.2 Å². The molecule has 1 amide bonds. The number of carbonyl (C=O) groups excluding carboxylic acids is 2. The van der Waals surface area contributed by atoms with Crippen molar-refractivity contribution in [1.82, 2.24) is 10.3 Å². The van der Waals surface area contributed by atoms with Crippen molar-refractivity contribution in [2.45, 2.75) is 46.0 Å². The first-order valence-electron chi connectivity index (χ1n) is 7.50. The predicted octanol–water partition coefficient (Wildman–Crippen LogP) is 2.63. The number of esters is 1. The van der Waals surface area contributed by atoms with Crippen molar-refractivity contribution in [3.8, 4) is 0 Å². The molecule has 116 valence electrons. The molecule has 1 N–H and O–H groups in total. The normalized spacial score (nSPS) is 10.2. The number of hydrogen-bond donors (Lipinski definition) is 1. The predicted molar refractivity (Wildman–Crippen MR) is 81.0 cm³/mol. The molecule has 0 aliphatic heterocycles. The first-order chi connectivity index (χ1) is 10.1. The smallest absolute Gasteiger partial charge is 0.305 e. The summed E-state index contributed by atoms with van der Waals surface area (Å²) in [6.07, 6.45) is 5.79. The fraction of sp³-hybridized carbons (Fsp3) is 0.562. The molecule has 1 rings (SSSR count). The quantitative estimate of drug-likeness (QED) is 0.561. The SMILES string of the molecule is CCOC(=O)CCCCCCNC(=O)c1ccc(C)nc1. The van der Waals surface area contributed by atoms with Gasteiger partial charge in [0.25, 0.3) is 5.91 Å². The largest absolute Gasteiger partial charge is 0.466 e. The van der Waals surface area contributed by atoms with Gasteiger partial charge in [0.1, 0.15) is 0 Å². The lowest BCUT2D eigenvalue weighted by atomic mass is 10.1. The van der Waals surface area contributed by atoms with Crippen molar-refractivity contribution in [3.63, 3.8) is 0 Å². The first kappa shape index (κ1) is 17.1. The summed E-state index contributed by atoms with van der Waals surface area (Å²) >= 11 is 0. The monoisotopic (exact) mass is 292 g/mol. The van der Waals surface area contributed by atoms with E-state index >= 15 is 0 Å². The van der Waals surface area contributed by atoms with Crippen molar-refractivity contribution in [2.24, 2.45) is 0 Å². The van der Waals surface area contributed by atoms with Crippen LogP contribution in [0.25, 0.3) is 0 Å². The van der Waals surface area contributed by atoms with Crippen LogP contribution in [0.5, 0.6) is 0 Å². The highest BCUT2D eigenvalue weighted by molar-refractivity contribution is 5.93. The molecule has 0 saturated carbocycles. The van der Waals surface area contributed by atoms with Crippen LogP contribution in [0.3, 0.4) is 0 Å². The minimum Gasteiger partial charge on any atom is -0.466 e. The number of nitrogens with one attached hydrogen (secondary N) is 1. The standard InChI is InChI=1S/C16H24N2O3/c1-3-21-15(19)8-6-4-5-7-11-17-16(20)14-10-9-13(2)18-12-14/h9-10,12H,3-8,11H2,1-2H3,(H,17,20). The molecule has 21 heavy (non-hydrogen) atoms. The van der Waals surface area contributed by atoms with E-state index < -0.39 is 0 Å². The van der Waals surface area contributed by atoms with E-state index in [9.17, 15) is 9.59 Å². The van der Waals surface area contributed by atoms with Gasteiger partial charge in [-0.3, -0.25) is 14.6 Å². The Morgan fingerprint density at radius 2 is 1.95 bits per heavy atom. The lowest BCUT2D eigenvalue weighted by molar-refractivity contribution is -0.143. The van der Waals surface area contributed by atoms with Gasteiger partial charge >= 0.3 is 5.97 Å². The number of nitrogens with zero attached hydrogens (tertiary/aromatic N) is 1. The molecule has 0 aliphatic carbocycles. The summed E-state index contributed by atoms with van der Waals surface area (Å²) in [5, 5.41) is 2.87. The number of hydrogen-bond acceptors (Lipinski definition) is 4. The summed E-state index contributed by atoms with van der Waals surface area (Å²) in [6.45, 7) is 4.78. The molecule has 0 unspecified atom stereocenters. The Labute approximate surface area is 126 Å². The zero-order valence-corrected chi connectivity index (χ0v) is 12.9. The van der Waals surface area contributed by atoms with E-state index in [0.717, 1.165) is 31.4 Å². The summed E-state index contributed by atoms with van der Waals surface area (Å²) < 4.78 is 4.86. The van der Waals surface area contributed by atoms with E-state index in [1.165, 1.54) is 0 Å². The van der Waals surface area contributed by atoms with E-state index in [1.807, 2.05) is 19.9 Å². The highest BCUT2D eigenvalue weighted by atomic mass is 16.5. The third-order valence-corrected chi connectivity index (χ3v) is 3.07. The summed E-state index contributed by atoms with van der Waals surface area (Å²) in [5.41, 5.74) is 1.48. The zero-order chi connectivity index (χ0) is 15.5. The maximum absolute atomic E-state index is 11.8. The molecule has 0 aliphatic rings. The second kappa shape index (κ2) is 9.91. The summed E-state index contributed by atoms with van der Waals surface area (Å²) in [4.78, 5) is 27.0. The van der Waals surface area contributed by atoms with Crippen molar-refractivity contribution < 1.29 is 14.3 Å². The Morgan fingerprint density at radius 1 is 1.19 bits per heavy atom. The van der Waals surface area contributed by atoms with Gasteiger partial charge < -0.3 is 10.1 Å². The molecule has 5 nitrogen and oxygen atoms in total. The molecule has 1 heterocycles. The molecular weight excluding hydrogens is 268 g/mol. The molecule has 0 saturated heterocycles. The third-order valence-electron chi connectivity index (χ3n) is 3.07. The van der Waals surface area contributed by atoms with Crippen LogP contribution in [0, 0.1) is 6.92 Å². The molecule has 1 aromatic heterocycles. The second-order valence-electron chi connectivity index (χ2n) is 4.91. The lowest BCUT2D eigenvalue weighted by Crippen LogP contribution is -2.24. The number of amides is 1. The van der Waals surface area contributed by atoms with Crippen LogP contribution in [0.1, 0.15) is 55.1 Å². The average Bonchev–Trinajstić information content (AvgIpc) is 2.47. The number of unbranched alkanes of at least 4 members (excludes halogenated alkanes) is 3. The highest BCUT2D eigenvalue weighted by Crippen LogP contribution is 2.04. The molecular formula is C16H24N2O3. The lowest BCUT2D eigenvalue weighted by Gasteiger charge is -2.05. The van der Waals surface area contributed by atoms with E-state index in [0.29, 0.717) is 25.1 Å². The average molecular weight is 292 g/mol. The summed E-state index contributed by atoms with van der Waals surface area (Å²) in [5.74, 6) is -0.216. The van der Waals surface area contributed by atoms with Crippen LogP contribution in [0.2, 0.25) is 0 Å². The van der Waals surface area contributed by atoms with Crippen LogP contribution in [-0.4, -0.2) is 30.0 Å². The van der Waals surface area contributed by atoms with Gasteiger partial charge in [-0.25, -0.2) is 0 Å². The topological polar surface area (TPSA) is 68.3 Å². The van der Waals surface area contributed by atoms with Crippen LogP contribution >= 0.6 is 0 Å². The van der Waals surface area contributed by atoms with Crippen LogP contribution in [0.4, 0.5) is 0 Å². The molecule has 5 heteroatoms. The van der Waals surface area contributed by atoms with Crippen molar-refractivity contribution >= 4 is 11.9 Å². The van der Waals surface area contributed by atoms with E-state index in [1.54, 1.807) is 12.3 Å². The Bertz CT molecular complexity index is 443. The molecule has 1 aromatic rings. The number of aromatic nitrogens is 1. The maximum Gasteiger partial charge on any atom is 0.305 e. The van der Waals surface area contributed by atoms with Gasteiger partial charge in [0.2, 0.25) is 0 Å². The van der Waals surface area contributed by atoms with Crippen LogP contribution in [0.15, 0.2) is 18.3 Å². The number of aryl methyl sites for hydroxylation is 1. The fourth-order valence-electron chi connectivity index (χ4n) is 1.89. The molecule has 0 radical (unpaired) electrons. The number of pyridine rings is 1. The Hall–Kier alpha value is -1.91. The Morgan fingerprint density at radius 3 is 2.62 bits per heavy atom. The maximum atomic E-state index is 11.8. The van der Waals surface area contributed by atoms with E-state index in [4.69, 9.17) is 4.74 Å². The molecule has 0 atom stereocenters. The first-order valence-corrected chi connectivity index (χ1v) is 7.50. The van der Waals surface area contributed by atoms with Gasteiger partial charge in [-0.2, -0.15) is 0 Å². The van der Waals surface area contributed by atoms with Gasteiger partial charge in [0.15, 0.2) is 0 Å².